The Morgan fingerprint density at radius 3 is 2.16 bits per heavy atom. The lowest BCUT2D eigenvalue weighted by molar-refractivity contribution is -0.141. The van der Waals surface area contributed by atoms with Gasteiger partial charge in [-0.25, -0.2) is 23.2 Å². The van der Waals surface area contributed by atoms with E-state index in [1.165, 1.54) is 4.90 Å². The number of piperazine rings is 1. The zero-order valence-electron chi connectivity index (χ0n) is 15.5. The number of aliphatic carboxylic acids is 1. The van der Waals surface area contributed by atoms with Crippen LogP contribution in [0.1, 0.15) is 16.1 Å². The van der Waals surface area contributed by atoms with Crippen molar-refractivity contribution in [2.24, 2.45) is 0 Å². The molecule has 0 aliphatic carbocycles. The second kappa shape index (κ2) is 8.11. The molecule has 0 amide bonds. The molecular formula is C17H15F3N4O6S. The van der Waals surface area contributed by atoms with Crippen LogP contribution in [0.4, 0.5) is 19.0 Å². The summed E-state index contributed by atoms with van der Waals surface area (Å²) in [5.74, 6) is -2.60. The van der Waals surface area contributed by atoms with Gasteiger partial charge in [-0.3, -0.25) is 4.79 Å². The molecule has 1 aromatic heterocycles. The molecule has 166 valence electrons. The first-order valence-electron chi connectivity index (χ1n) is 8.63. The molecule has 1 aliphatic rings. The number of nitrogens with zero attached hydrogens (tertiary/aromatic N) is 4. The second-order valence-electron chi connectivity index (χ2n) is 6.50. The molecule has 31 heavy (non-hydrogen) atoms. The molecule has 1 aliphatic heterocycles. The third kappa shape index (κ3) is 4.59. The zero-order valence-corrected chi connectivity index (χ0v) is 16.3. The highest BCUT2D eigenvalue weighted by Gasteiger charge is 2.41. The van der Waals surface area contributed by atoms with Crippen molar-refractivity contribution in [3.8, 4) is 0 Å². The number of carboxylic acids is 2. The van der Waals surface area contributed by atoms with Crippen molar-refractivity contribution in [1.29, 1.82) is 0 Å². The lowest BCUT2D eigenvalue weighted by Gasteiger charge is -2.38. The molecule has 0 unspecified atom stereocenters. The lowest BCUT2D eigenvalue weighted by atomic mass is 10.2. The fourth-order valence-electron chi connectivity index (χ4n) is 3.01. The Balaban J connectivity index is 1.85. The fraction of sp³-hybridized carbons (Fsp3) is 0.294. The van der Waals surface area contributed by atoms with Crippen molar-refractivity contribution in [2.45, 2.75) is 17.1 Å². The van der Waals surface area contributed by atoms with E-state index >= 15 is 0 Å². The van der Waals surface area contributed by atoms with Crippen LogP contribution in [-0.2, 0) is 21.0 Å². The Kier molecular flexibility index (Phi) is 5.87. The first-order chi connectivity index (χ1) is 14.4. The number of aromatic carboxylic acids is 1. The largest absolute Gasteiger partial charge is 0.480 e. The molecule has 1 saturated heterocycles. The monoisotopic (exact) mass is 460 g/mol. The number of carboxylic acid groups (broad SMARTS) is 2. The number of aromatic nitrogens is 2. The average Bonchev–Trinajstić information content (AvgIpc) is 2.72. The smallest absolute Gasteiger partial charge is 0.416 e. The van der Waals surface area contributed by atoms with Crippen LogP contribution in [0.2, 0.25) is 0 Å². The minimum Gasteiger partial charge on any atom is -0.480 e. The van der Waals surface area contributed by atoms with Crippen LogP contribution in [0.25, 0.3) is 0 Å². The number of sulfonamides is 1. The van der Waals surface area contributed by atoms with Crippen LogP contribution in [-0.4, -0.2) is 70.5 Å². The van der Waals surface area contributed by atoms with E-state index in [1.54, 1.807) is 0 Å². The Bertz CT molecular complexity index is 1090. The van der Waals surface area contributed by atoms with E-state index in [4.69, 9.17) is 5.11 Å². The van der Waals surface area contributed by atoms with E-state index < -0.39 is 44.6 Å². The molecule has 0 spiro atoms. The molecule has 2 heterocycles. The summed E-state index contributed by atoms with van der Waals surface area (Å²) in [6, 6.07) is 1.22. The zero-order chi connectivity index (χ0) is 23.0. The number of alkyl halides is 3. The van der Waals surface area contributed by atoms with Gasteiger partial charge in [0.1, 0.15) is 11.9 Å². The molecule has 3 rings (SSSR count). The number of anilines is 1. The van der Waals surface area contributed by atoms with Crippen molar-refractivity contribution in [1.82, 2.24) is 14.3 Å². The van der Waals surface area contributed by atoms with Crippen molar-refractivity contribution in [3.05, 3.63) is 47.9 Å². The number of benzene rings is 1. The quantitative estimate of drug-likeness (QED) is 0.672. The highest BCUT2D eigenvalue weighted by molar-refractivity contribution is 7.89. The fourth-order valence-corrected chi connectivity index (χ4v) is 4.57. The number of hydrogen-bond acceptors (Lipinski definition) is 7. The van der Waals surface area contributed by atoms with Crippen LogP contribution in [0.15, 0.2) is 41.6 Å². The summed E-state index contributed by atoms with van der Waals surface area (Å²) in [5, 5.41) is 18.4. The predicted molar refractivity (Wildman–Crippen MR) is 98.0 cm³/mol. The van der Waals surface area contributed by atoms with Crippen molar-refractivity contribution in [2.75, 3.05) is 24.5 Å². The number of hydrogen-bond donors (Lipinski definition) is 2. The summed E-state index contributed by atoms with van der Waals surface area (Å²) in [4.78, 5) is 31.2. The first-order valence-corrected chi connectivity index (χ1v) is 10.1. The Hall–Kier alpha value is -3.26. The van der Waals surface area contributed by atoms with E-state index in [1.807, 2.05) is 0 Å². The maximum atomic E-state index is 12.9. The molecule has 1 fully saturated rings. The van der Waals surface area contributed by atoms with Crippen LogP contribution in [0, 0.1) is 0 Å². The Morgan fingerprint density at radius 1 is 1.03 bits per heavy atom. The van der Waals surface area contributed by atoms with E-state index in [-0.39, 0.29) is 31.1 Å². The molecule has 1 aromatic carbocycles. The molecular weight excluding hydrogens is 445 g/mol. The van der Waals surface area contributed by atoms with E-state index in [0.29, 0.717) is 16.4 Å². The topological polar surface area (TPSA) is 141 Å². The second-order valence-corrected chi connectivity index (χ2v) is 8.39. The molecule has 2 N–H and O–H groups in total. The van der Waals surface area contributed by atoms with Gasteiger partial charge < -0.3 is 15.1 Å². The van der Waals surface area contributed by atoms with E-state index in [0.717, 1.165) is 24.5 Å². The standard InChI is InChI=1S/C17H15F3N4O6S/c18-17(19,20)10-1-3-11(4-2-10)31(29,30)24-6-5-23(9-13(24)16(27)28)14-8-21-12(7-22-14)15(25)26/h1-4,7-8,13H,5-6,9H2,(H,25,26)(H,27,28)/t13-/m1/s1. The van der Waals surface area contributed by atoms with Gasteiger partial charge >= 0.3 is 18.1 Å². The maximum absolute atomic E-state index is 12.9. The molecule has 0 radical (unpaired) electrons. The minimum absolute atomic E-state index is 0.00471. The first kappa shape index (κ1) is 22.4. The van der Waals surface area contributed by atoms with Crippen molar-refractivity contribution < 1.29 is 41.4 Å². The Morgan fingerprint density at radius 2 is 1.68 bits per heavy atom. The summed E-state index contributed by atoms with van der Waals surface area (Å²) in [6.45, 7) is -0.607. The minimum atomic E-state index is -4.64. The molecule has 10 nitrogen and oxygen atoms in total. The van der Waals surface area contributed by atoms with E-state index in [2.05, 4.69) is 9.97 Å². The normalized spacial score (nSPS) is 18.0. The van der Waals surface area contributed by atoms with Gasteiger partial charge in [0.05, 0.1) is 22.9 Å². The highest BCUT2D eigenvalue weighted by Crippen LogP contribution is 2.31. The summed E-state index contributed by atoms with van der Waals surface area (Å²) < 4.78 is 64.7. The van der Waals surface area contributed by atoms with Crippen LogP contribution >= 0.6 is 0 Å². The van der Waals surface area contributed by atoms with Gasteiger partial charge in [0.2, 0.25) is 10.0 Å². The summed E-state index contributed by atoms with van der Waals surface area (Å²) >= 11 is 0. The van der Waals surface area contributed by atoms with Gasteiger partial charge in [0.15, 0.2) is 5.69 Å². The third-order valence-corrected chi connectivity index (χ3v) is 6.51. The SMILES string of the molecule is O=C(O)c1cnc(N2CCN(S(=O)(=O)c3ccc(C(F)(F)F)cc3)[C@@H](C(=O)O)C2)cn1. The third-order valence-electron chi connectivity index (χ3n) is 4.59. The van der Waals surface area contributed by atoms with Crippen molar-refractivity contribution >= 4 is 27.8 Å². The van der Waals surface area contributed by atoms with Gasteiger partial charge in [-0.1, -0.05) is 0 Å². The summed E-state index contributed by atoms with van der Waals surface area (Å²) in [6.07, 6.45) is -2.53. The number of carbonyl (C=O) groups is 2. The molecule has 0 saturated carbocycles. The number of rotatable bonds is 5. The van der Waals surface area contributed by atoms with Crippen LogP contribution in [0.3, 0.4) is 0 Å². The van der Waals surface area contributed by atoms with Gasteiger partial charge in [-0.2, -0.15) is 17.5 Å². The molecule has 0 bridgehead atoms. The number of halogens is 3. The van der Waals surface area contributed by atoms with Crippen molar-refractivity contribution in [3.63, 3.8) is 0 Å². The maximum Gasteiger partial charge on any atom is 0.416 e. The lowest BCUT2D eigenvalue weighted by Crippen LogP contribution is -2.58. The predicted octanol–water partition coefficient (Wildman–Crippen LogP) is 1.16. The van der Waals surface area contributed by atoms with E-state index in [9.17, 15) is 36.3 Å². The average molecular weight is 460 g/mol. The summed E-state index contributed by atoms with van der Waals surface area (Å²) in [7, 11) is -4.40. The highest BCUT2D eigenvalue weighted by atomic mass is 32.2. The Labute approximate surface area is 173 Å². The van der Waals surface area contributed by atoms with Crippen LogP contribution < -0.4 is 4.90 Å². The van der Waals surface area contributed by atoms with Gasteiger partial charge in [0.25, 0.3) is 0 Å². The van der Waals surface area contributed by atoms with Gasteiger partial charge in [0, 0.05) is 19.6 Å². The molecule has 2 aromatic rings. The van der Waals surface area contributed by atoms with Crippen LogP contribution in [0.5, 0.6) is 0 Å². The molecule has 1 atom stereocenters. The summed E-state index contributed by atoms with van der Waals surface area (Å²) in [5.41, 5.74) is -1.35. The molecule has 14 heteroatoms. The van der Waals surface area contributed by atoms with Gasteiger partial charge in [-0.15, -0.1) is 0 Å². The van der Waals surface area contributed by atoms with Gasteiger partial charge in [-0.05, 0) is 24.3 Å².